The molecule has 12 heteroatoms. The monoisotopic (exact) mass is 1110 g/mol. The summed E-state index contributed by atoms with van der Waals surface area (Å²) < 4.78 is 22.5. The number of unbranched alkanes of at least 4 members (excludes halogenated alkanes) is 22. The molecule has 0 aromatic heterocycles. The zero-order valence-corrected chi connectivity index (χ0v) is 49.2. The van der Waals surface area contributed by atoms with Gasteiger partial charge in [0.05, 0.1) is 26.4 Å². The Morgan fingerprint density at radius 3 is 1.12 bits per heavy atom. The lowest BCUT2D eigenvalue weighted by Crippen LogP contribution is -2.57. The van der Waals surface area contributed by atoms with E-state index in [1.54, 1.807) is 48.6 Å². The molecular formula is C69H98N2O10. The lowest BCUT2D eigenvalue weighted by atomic mass is 9.53. The number of carbonyl (C=O) groups excluding carboxylic acids is 2. The van der Waals surface area contributed by atoms with E-state index < -0.39 is 22.8 Å². The Hall–Kier alpha value is -6.56. The predicted octanol–water partition coefficient (Wildman–Crippen LogP) is 16.7. The summed E-state index contributed by atoms with van der Waals surface area (Å²) in [6.45, 7) is 6.50. The van der Waals surface area contributed by atoms with Crippen molar-refractivity contribution in [3.63, 3.8) is 0 Å². The van der Waals surface area contributed by atoms with Crippen LogP contribution in [0.3, 0.4) is 0 Å². The minimum atomic E-state index is -2.15. The van der Waals surface area contributed by atoms with Gasteiger partial charge < -0.3 is 40.6 Å². The molecular weight excluding hydrogens is 1020 g/mol. The third kappa shape index (κ3) is 25.4. The van der Waals surface area contributed by atoms with E-state index in [1.165, 1.54) is 12.2 Å². The van der Waals surface area contributed by atoms with Gasteiger partial charge in [-0.3, -0.25) is 9.59 Å². The van der Waals surface area contributed by atoms with Crippen LogP contribution in [0.1, 0.15) is 216 Å². The number of nitrogen functional groups attached to an aromatic ring is 2. The van der Waals surface area contributed by atoms with Crippen LogP contribution in [0.2, 0.25) is 0 Å². The molecule has 4 aromatic rings. The quantitative estimate of drug-likeness (QED) is 0.0108. The van der Waals surface area contributed by atoms with Gasteiger partial charge in [0.1, 0.15) is 11.5 Å². The molecule has 6 N–H and O–H groups in total. The fourth-order valence-corrected chi connectivity index (χ4v) is 10.7. The summed E-state index contributed by atoms with van der Waals surface area (Å²) in [4.78, 5) is 51.8. The molecule has 0 bridgehead atoms. The van der Waals surface area contributed by atoms with Crippen molar-refractivity contribution in [1.29, 1.82) is 0 Å². The van der Waals surface area contributed by atoms with Crippen molar-refractivity contribution in [2.24, 2.45) is 5.41 Å². The Morgan fingerprint density at radius 1 is 0.420 bits per heavy atom. The number of hydrogen-bond acceptors (Lipinski definition) is 10. The number of ether oxygens (including phenoxy) is 4. The zero-order valence-electron chi connectivity index (χ0n) is 49.2. The fourth-order valence-electron chi connectivity index (χ4n) is 10.7. The molecule has 0 radical (unpaired) electrons. The zero-order chi connectivity index (χ0) is 58.2. The Bertz CT molecular complexity index is 2300. The normalized spacial score (nSPS) is 12.4. The van der Waals surface area contributed by atoms with Crippen LogP contribution in [0, 0.1) is 5.41 Å². The summed E-state index contributed by atoms with van der Waals surface area (Å²) in [7, 11) is 0. The van der Waals surface area contributed by atoms with Gasteiger partial charge in [-0.25, -0.2) is 9.59 Å². The number of aliphatic carboxylic acids is 2. The molecule has 0 fully saturated rings. The Kier molecular flexibility index (Phi) is 32.9. The summed E-state index contributed by atoms with van der Waals surface area (Å²) in [6.07, 6.45) is 33.6. The van der Waals surface area contributed by atoms with E-state index in [-0.39, 0.29) is 18.4 Å². The third-order valence-electron chi connectivity index (χ3n) is 15.6. The van der Waals surface area contributed by atoms with Crippen molar-refractivity contribution < 1.29 is 48.3 Å². The number of esters is 2. The number of carbonyl (C=O) groups is 4. The molecule has 0 aliphatic rings. The second-order valence-corrected chi connectivity index (χ2v) is 22.0. The lowest BCUT2D eigenvalue weighted by molar-refractivity contribution is -0.172. The van der Waals surface area contributed by atoms with Crippen LogP contribution in [0.5, 0.6) is 11.5 Å². The predicted molar refractivity (Wildman–Crippen MR) is 329 cm³/mol. The molecule has 12 nitrogen and oxygen atoms in total. The van der Waals surface area contributed by atoms with Gasteiger partial charge in [0.25, 0.3) is 0 Å². The van der Waals surface area contributed by atoms with Crippen molar-refractivity contribution in [2.45, 2.75) is 205 Å². The Labute approximate surface area is 485 Å². The average Bonchev–Trinajstić information content (AvgIpc) is 3.66. The number of hydrogen-bond donors (Lipinski definition) is 4. The summed E-state index contributed by atoms with van der Waals surface area (Å²) in [5.41, 5.74) is 13.1. The maximum atomic E-state index is 13.9. The van der Waals surface area contributed by atoms with Crippen molar-refractivity contribution in [3.05, 3.63) is 131 Å². The molecule has 0 atom stereocenters. The van der Waals surface area contributed by atoms with E-state index in [0.29, 0.717) is 74.6 Å². The maximum absolute atomic E-state index is 13.9. The van der Waals surface area contributed by atoms with Crippen molar-refractivity contribution >= 4 is 47.4 Å². The lowest BCUT2D eigenvalue weighted by Gasteiger charge is -2.47. The first-order valence-electron chi connectivity index (χ1n) is 30.7. The van der Waals surface area contributed by atoms with Crippen LogP contribution < -0.4 is 20.9 Å². The van der Waals surface area contributed by atoms with Crippen LogP contribution in [-0.2, 0) is 40.5 Å². The van der Waals surface area contributed by atoms with E-state index in [9.17, 15) is 29.4 Å². The summed E-state index contributed by atoms with van der Waals surface area (Å²) in [5, 5.41) is 22.6. The van der Waals surface area contributed by atoms with Crippen molar-refractivity contribution in [2.75, 3.05) is 37.9 Å². The molecule has 0 amide bonds. The van der Waals surface area contributed by atoms with E-state index in [2.05, 4.69) is 13.8 Å². The van der Waals surface area contributed by atoms with Crippen LogP contribution in [0.15, 0.2) is 109 Å². The summed E-state index contributed by atoms with van der Waals surface area (Å²) in [6, 6.07) is 29.6. The van der Waals surface area contributed by atoms with Crippen molar-refractivity contribution in [1.82, 2.24) is 0 Å². The third-order valence-corrected chi connectivity index (χ3v) is 15.6. The topological polar surface area (TPSA) is 198 Å². The van der Waals surface area contributed by atoms with Gasteiger partial charge in [0.15, 0.2) is 5.41 Å². The van der Waals surface area contributed by atoms with E-state index in [0.717, 1.165) is 177 Å². The standard InChI is InChI=1S/C69H98N2O10/c1-3-5-7-25-53-80-64(72)47-35-56-31-43-62(44-32-56)78-51-27-21-17-13-9-11-15-19-23-49-68(59-37-41-61(71)42-38-59,69(66(74)75,67(76)77)55-58-29-39-60(70)40-30-58)50-24-20-16-12-10-14-18-22-28-52-79-63-45-33-57(34-46-63)36-48-65(73)81-54-26-8-6-4-2/h29-48H,3-28,49-55,70-71H2,1-2H3,(H,74,75)(H,76,77). The Balaban J connectivity index is 1.22. The van der Waals surface area contributed by atoms with Crippen LogP contribution in [0.4, 0.5) is 11.4 Å². The van der Waals surface area contributed by atoms with E-state index in [1.807, 2.05) is 60.7 Å². The van der Waals surface area contributed by atoms with Gasteiger partial charge in [-0.15, -0.1) is 0 Å². The van der Waals surface area contributed by atoms with Gasteiger partial charge in [0, 0.05) is 35.4 Å². The molecule has 0 unspecified atom stereocenters. The van der Waals surface area contributed by atoms with Gasteiger partial charge in [0.2, 0.25) is 0 Å². The average molecular weight is 1120 g/mol. The number of carboxylic acid groups (broad SMARTS) is 2. The van der Waals surface area contributed by atoms with Gasteiger partial charge in [-0.2, -0.15) is 0 Å². The summed E-state index contributed by atoms with van der Waals surface area (Å²) >= 11 is 0. The molecule has 0 aliphatic heterocycles. The van der Waals surface area contributed by atoms with E-state index >= 15 is 0 Å². The number of nitrogens with two attached hydrogens (primary N) is 2. The first-order valence-corrected chi connectivity index (χ1v) is 30.7. The minimum absolute atomic E-state index is 0.177. The highest BCUT2D eigenvalue weighted by molar-refractivity contribution is 6.01. The minimum Gasteiger partial charge on any atom is -0.494 e. The Morgan fingerprint density at radius 2 is 0.753 bits per heavy atom. The maximum Gasteiger partial charge on any atom is 0.330 e. The van der Waals surface area contributed by atoms with E-state index in [4.69, 9.17) is 30.4 Å². The first kappa shape index (κ1) is 66.9. The molecule has 0 heterocycles. The number of anilines is 2. The van der Waals surface area contributed by atoms with Gasteiger partial charge >= 0.3 is 23.9 Å². The van der Waals surface area contributed by atoms with Crippen LogP contribution in [0.25, 0.3) is 12.2 Å². The molecule has 444 valence electrons. The SMILES string of the molecule is CCCCCCOC(=O)C=Cc1ccc(OCCCCCCCCCCCC(CCCCCCCCCCCOc2ccc(C=CC(=O)OCCCCCC)cc2)(c2ccc(N)cc2)C(Cc2ccc(N)cc2)(C(=O)O)C(=O)O)cc1. The van der Waals surface area contributed by atoms with Crippen LogP contribution >= 0.6 is 0 Å². The molecule has 4 aromatic carbocycles. The highest BCUT2D eigenvalue weighted by Gasteiger charge is 2.62. The highest BCUT2D eigenvalue weighted by Crippen LogP contribution is 2.52. The molecule has 4 rings (SSSR count). The van der Waals surface area contributed by atoms with Crippen LogP contribution in [-0.4, -0.2) is 60.5 Å². The molecule has 81 heavy (non-hydrogen) atoms. The smallest absolute Gasteiger partial charge is 0.330 e. The first-order chi connectivity index (χ1) is 39.4. The molecule has 0 saturated carbocycles. The van der Waals surface area contributed by atoms with Gasteiger partial charge in [-0.05, 0) is 121 Å². The second-order valence-electron chi connectivity index (χ2n) is 22.0. The fraction of sp³-hybridized carbons (Fsp3) is 0.536. The number of rotatable bonds is 46. The number of benzene rings is 4. The molecule has 0 spiro atoms. The molecule has 0 aliphatic carbocycles. The highest BCUT2D eigenvalue weighted by atomic mass is 16.5. The van der Waals surface area contributed by atoms with Crippen molar-refractivity contribution in [3.8, 4) is 11.5 Å². The summed E-state index contributed by atoms with van der Waals surface area (Å²) in [5.74, 6) is -1.70. The number of carboxylic acids is 2. The second kappa shape index (κ2) is 39.8. The molecule has 0 saturated heterocycles. The largest absolute Gasteiger partial charge is 0.494 e. The van der Waals surface area contributed by atoms with Gasteiger partial charge in [-0.1, -0.05) is 204 Å².